The maximum atomic E-state index is 13.3. The van der Waals surface area contributed by atoms with Crippen LogP contribution in [-0.2, 0) is 4.74 Å². The molecule has 1 aromatic heterocycles. The molecule has 0 aliphatic rings. The van der Waals surface area contributed by atoms with Crippen LogP contribution in [0.25, 0.3) is 16.7 Å². The summed E-state index contributed by atoms with van der Waals surface area (Å²) in [5.74, 6) is -0.763. The van der Waals surface area contributed by atoms with Gasteiger partial charge in [0.05, 0.1) is 22.3 Å². The van der Waals surface area contributed by atoms with Gasteiger partial charge in [0.15, 0.2) is 0 Å². The normalized spacial score (nSPS) is 11.5. The van der Waals surface area contributed by atoms with Crippen molar-refractivity contribution in [1.29, 1.82) is 0 Å². The second-order valence-corrected chi connectivity index (χ2v) is 7.97. The van der Waals surface area contributed by atoms with Gasteiger partial charge in [0, 0.05) is 11.4 Å². The summed E-state index contributed by atoms with van der Waals surface area (Å²) in [5, 5.41) is 3.22. The third-order valence-corrected chi connectivity index (χ3v) is 4.48. The summed E-state index contributed by atoms with van der Waals surface area (Å²) in [6.45, 7) is 5.47. The van der Waals surface area contributed by atoms with E-state index in [1.807, 2.05) is 61.7 Å². The van der Waals surface area contributed by atoms with Crippen LogP contribution in [0.3, 0.4) is 0 Å². The van der Waals surface area contributed by atoms with Crippen LogP contribution in [0.2, 0.25) is 0 Å². The first-order valence-corrected chi connectivity index (χ1v) is 9.63. The van der Waals surface area contributed by atoms with E-state index in [4.69, 9.17) is 4.74 Å². The zero-order chi connectivity index (χ0) is 21.3. The van der Waals surface area contributed by atoms with Crippen molar-refractivity contribution >= 4 is 28.4 Å². The molecule has 0 saturated carbocycles. The van der Waals surface area contributed by atoms with E-state index in [1.54, 1.807) is 24.5 Å². The molecule has 0 fully saturated rings. The number of para-hydroxylation sites is 2. The monoisotopic (exact) mass is 403 g/mol. The highest BCUT2D eigenvalue weighted by Crippen LogP contribution is 2.28. The second kappa shape index (κ2) is 7.63. The number of aromatic nitrogens is 2. The smallest absolute Gasteiger partial charge is 0.340 e. The molecule has 0 radical (unpaired) electrons. The molecule has 152 valence electrons. The number of esters is 1. The van der Waals surface area contributed by atoms with E-state index in [0.717, 1.165) is 16.7 Å². The van der Waals surface area contributed by atoms with Gasteiger partial charge in [-0.1, -0.05) is 12.1 Å². The van der Waals surface area contributed by atoms with Crippen LogP contribution >= 0.6 is 0 Å². The number of benzene rings is 3. The Bertz CT molecular complexity index is 1210. The van der Waals surface area contributed by atoms with Crippen LogP contribution < -0.4 is 5.32 Å². The zero-order valence-corrected chi connectivity index (χ0v) is 17.0. The molecule has 0 aliphatic heterocycles. The molecular formula is C24H22FN3O2. The van der Waals surface area contributed by atoms with Gasteiger partial charge in [-0.2, -0.15) is 0 Å². The standard InChI is InChI=1S/C24H22FN3O2/c1-24(2,3)30-23(29)19-13-12-18(28-15-26-20-6-4-5-7-22(20)28)14-21(19)27-17-10-8-16(25)9-11-17/h4-15,27H,1-3H3. The lowest BCUT2D eigenvalue weighted by Crippen LogP contribution is -2.24. The molecule has 3 aromatic carbocycles. The lowest BCUT2D eigenvalue weighted by atomic mass is 10.1. The Morgan fingerprint density at radius 2 is 1.77 bits per heavy atom. The maximum Gasteiger partial charge on any atom is 0.340 e. The molecule has 1 heterocycles. The molecule has 0 aliphatic carbocycles. The quantitative estimate of drug-likeness (QED) is 0.434. The Balaban J connectivity index is 1.78. The van der Waals surface area contributed by atoms with Gasteiger partial charge >= 0.3 is 5.97 Å². The van der Waals surface area contributed by atoms with Crippen molar-refractivity contribution in [2.75, 3.05) is 5.32 Å². The van der Waals surface area contributed by atoms with Crippen molar-refractivity contribution in [1.82, 2.24) is 9.55 Å². The molecule has 0 saturated heterocycles. The fraction of sp³-hybridized carbons (Fsp3) is 0.167. The third-order valence-electron chi connectivity index (χ3n) is 4.48. The molecule has 0 bridgehead atoms. The molecule has 4 aromatic rings. The largest absolute Gasteiger partial charge is 0.456 e. The van der Waals surface area contributed by atoms with Crippen LogP contribution in [0.15, 0.2) is 73.1 Å². The van der Waals surface area contributed by atoms with Crippen LogP contribution in [-0.4, -0.2) is 21.1 Å². The first-order valence-electron chi connectivity index (χ1n) is 9.63. The molecule has 0 spiro atoms. The van der Waals surface area contributed by atoms with Gasteiger partial charge in [0.25, 0.3) is 0 Å². The van der Waals surface area contributed by atoms with Gasteiger partial charge in [-0.25, -0.2) is 14.2 Å². The van der Waals surface area contributed by atoms with Gasteiger partial charge in [0.1, 0.15) is 17.7 Å². The highest BCUT2D eigenvalue weighted by Gasteiger charge is 2.21. The highest BCUT2D eigenvalue weighted by molar-refractivity contribution is 5.97. The number of hydrogen-bond acceptors (Lipinski definition) is 4. The van der Waals surface area contributed by atoms with Crippen molar-refractivity contribution in [3.8, 4) is 5.69 Å². The number of fused-ring (bicyclic) bond motifs is 1. The molecular weight excluding hydrogens is 381 g/mol. The number of rotatable bonds is 4. The van der Waals surface area contributed by atoms with Crippen LogP contribution in [0.1, 0.15) is 31.1 Å². The fourth-order valence-corrected chi connectivity index (χ4v) is 3.15. The Kier molecular flexibility index (Phi) is 4.99. The number of nitrogens with one attached hydrogen (secondary N) is 1. The summed E-state index contributed by atoms with van der Waals surface area (Å²) in [7, 11) is 0. The predicted octanol–water partition coefficient (Wildman–Crippen LogP) is 5.86. The van der Waals surface area contributed by atoms with Gasteiger partial charge in [-0.05, 0) is 75.4 Å². The van der Waals surface area contributed by atoms with Crippen molar-refractivity contribution in [3.05, 3.63) is 84.4 Å². The number of hydrogen-bond donors (Lipinski definition) is 1. The molecule has 6 heteroatoms. The van der Waals surface area contributed by atoms with Gasteiger partial charge < -0.3 is 10.1 Å². The van der Waals surface area contributed by atoms with Crippen LogP contribution in [0.5, 0.6) is 0 Å². The highest BCUT2D eigenvalue weighted by atomic mass is 19.1. The van der Waals surface area contributed by atoms with E-state index in [2.05, 4.69) is 10.3 Å². The molecule has 0 atom stereocenters. The lowest BCUT2D eigenvalue weighted by molar-refractivity contribution is 0.00707. The Morgan fingerprint density at radius 3 is 2.50 bits per heavy atom. The van der Waals surface area contributed by atoms with Crippen molar-refractivity contribution in [2.45, 2.75) is 26.4 Å². The van der Waals surface area contributed by atoms with Crippen molar-refractivity contribution in [2.24, 2.45) is 0 Å². The van der Waals surface area contributed by atoms with Crippen molar-refractivity contribution < 1.29 is 13.9 Å². The fourth-order valence-electron chi connectivity index (χ4n) is 3.15. The molecule has 0 unspecified atom stereocenters. The predicted molar refractivity (Wildman–Crippen MR) is 116 cm³/mol. The molecule has 4 rings (SSSR count). The zero-order valence-electron chi connectivity index (χ0n) is 17.0. The number of nitrogens with zero attached hydrogens (tertiary/aromatic N) is 2. The van der Waals surface area contributed by atoms with E-state index >= 15 is 0 Å². The SMILES string of the molecule is CC(C)(C)OC(=O)c1ccc(-n2cnc3ccccc32)cc1Nc1ccc(F)cc1. The topological polar surface area (TPSA) is 56.2 Å². The van der Waals surface area contributed by atoms with E-state index < -0.39 is 11.6 Å². The summed E-state index contributed by atoms with van der Waals surface area (Å²) in [5.41, 5.74) is 3.66. The van der Waals surface area contributed by atoms with E-state index in [9.17, 15) is 9.18 Å². The molecule has 0 amide bonds. The average Bonchev–Trinajstić information content (AvgIpc) is 3.12. The minimum Gasteiger partial charge on any atom is -0.456 e. The summed E-state index contributed by atoms with van der Waals surface area (Å²) in [6.07, 6.45) is 1.74. The lowest BCUT2D eigenvalue weighted by Gasteiger charge is -2.21. The number of carbonyl (C=O) groups is 1. The second-order valence-electron chi connectivity index (χ2n) is 7.97. The third kappa shape index (κ3) is 4.17. The summed E-state index contributed by atoms with van der Waals surface area (Å²) < 4.78 is 20.8. The first kappa shape index (κ1) is 19.6. The summed E-state index contributed by atoms with van der Waals surface area (Å²) in [6, 6.07) is 19.2. The number of imidazole rings is 1. The summed E-state index contributed by atoms with van der Waals surface area (Å²) in [4.78, 5) is 17.2. The van der Waals surface area contributed by atoms with E-state index in [-0.39, 0.29) is 5.82 Å². The Labute approximate surface area is 174 Å². The molecule has 5 nitrogen and oxygen atoms in total. The van der Waals surface area contributed by atoms with Gasteiger partial charge in [-0.15, -0.1) is 0 Å². The Hall–Kier alpha value is -3.67. The molecule has 30 heavy (non-hydrogen) atoms. The average molecular weight is 403 g/mol. The number of anilines is 2. The summed E-state index contributed by atoms with van der Waals surface area (Å²) >= 11 is 0. The van der Waals surface area contributed by atoms with Crippen LogP contribution in [0.4, 0.5) is 15.8 Å². The van der Waals surface area contributed by atoms with E-state index in [1.165, 1.54) is 12.1 Å². The number of halogens is 1. The minimum atomic E-state index is -0.622. The first-order chi connectivity index (χ1) is 14.3. The minimum absolute atomic E-state index is 0.327. The van der Waals surface area contributed by atoms with Crippen molar-refractivity contribution in [3.63, 3.8) is 0 Å². The number of ether oxygens (including phenoxy) is 1. The van der Waals surface area contributed by atoms with Crippen LogP contribution in [0, 0.1) is 5.82 Å². The number of carbonyl (C=O) groups excluding carboxylic acids is 1. The molecule has 1 N–H and O–H groups in total. The van der Waals surface area contributed by atoms with E-state index in [0.29, 0.717) is 16.9 Å². The van der Waals surface area contributed by atoms with Gasteiger partial charge in [-0.3, -0.25) is 4.57 Å². The van der Waals surface area contributed by atoms with Gasteiger partial charge in [0.2, 0.25) is 0 Å². The Morgan fingerprint density at radius 1 is 1.03 bits per heavy atom. The maximum absolute atomic E-state index is 13.3.